The number of benzene rings is 3. The number of nitroso groups, excluding NO2 is 1. The molecule has 0 aliphatic heterocycles. The van der Waals surface area contributed by atoms with Gasteiger partial charge in [0.15, 0.2) is 0 Å². The van der Waals surface area contributed by atoms with Crippen LogP contribution in [0.25, 0.3) is 5.59 Å². The molecule has 2 radical (unpaired) electrons. The van der Waals surface area contributed by atoms with E-state index in [0.717, 1.165) is 0 Å². The molecule has 2 nitrogen and oxygen atoms in total. The third-order valence-electron chi connectivity index (χ3n) is 5.93. The Morgan fingerprint density at radius 2 is 0.861 bits per heavy atom. The van der Waals surface area contributed by atoms with E-state index in [1.807, 2.05) is 5.92 Å². The molecule has 0 spiro atoms. The van der Waals surface area contributed by atoms with Gasteiger partial charge in [0.05, 0.1) is 0 Å². The zero-order chi connectivity index (χ0) is 26.2. The SMILES string of the molecule is C[C]1C(C)=C(C)C(C)=C1C.[C-]#CC#C.[N-]=O.[Re].c1ccc(P(c2ccccc2)c2ccccc2)cc1. The smallest absolute Gasteiger partial charge is 0.0226 e. The van der Waals surface area contributed by atoms with Crippen molar-refractivity contribution in [2.75, 3.05) is 0 Å². The zero-order valence-electron chi connectivity index (χ0n) is 21.4. The van der Waals surface area contributed by atoms with Gasteiger partial charge in [-0.2, -0.15) is 0 Å². The van der Waals surface area contributed by atoms with E-state index in [1.54, 1.807) is 5.92 Å². The molecule has 184 valence electrons. The van der Waals surface area contributed by atoms with E-state index in [0.29, 0.717) is 0 Å². The first kappa shape index (κ1) is 33.0. The summed E-state index contributed by atoms with van der Waals surface area (Å²) in [5, 5.41) is 4.19. The van der Waals surface area contributed by atoms with Gasteiger partial charge >= 0.3 is 0 Å². The fraction of sp³-hybridized carbons (Fsp3) is 0.156. The molecule has 0 unspecified atom stereocenters. The molecule has 0 aromatic heterocycles. The van der Waals surface area contributed by atoms with Gasteiger partial charge < -0.3 is 16.9 Å². The van der Waals surface area contributed by atoms with Crippen LogP contribution in [0.3, 0.4) is 0 Å². The molecule has 4 rings (SSSR count). The molecule has 3 aromatic rings. The molecule has 0 saturated carbocycles. The summed E-state index contributed by atoms with van der Waals surface area (Å²) in [4.78, 5) is 7.25. The maximum atomic E-state index is 7.25. The largest absolute Gasteiger partial charge is 0.577 e. The van der Waals surface area contributed by atoms with Crippen LogP contribution >= 0.6 is 7.92 Å². The van der Waals surface area contributed by atoms with Crippen LogP contribution < -0.4 is 15.9 Å². The van der Waals surface area contributed by atoms with E-state index in [9.17, 15) is 0 Å². The van der Waals surface area contributed by atoms with E-state index in [1.165, 1.54) is 44.1 Å². The molecule has 4 heteroatoms. The van der Waals surface area contributed by atoms with Crippen LogP contribution in [-0.4, -0.2) is 0 Å². The van der Waals surface area contributed by atoms with Crippen LogP contribution in [0.4, 0.5) is 0 Å². The van der Waals surface area contributed by atoms with E-state index in [4.69, 9.17) is 16.9 Å². The van der Waals surface area contributed by atoms with Gasteiger partial charge in [0, 0.05) is 26.3 Å². The Morgan fingerprint density at radius 1 is 0.611 bits per heavy atom. The Labute approximate surface area is 232 Å². The monoisotopic (exact) mass is 663 g/mol. The predicted octanol–water partition coefficient (Wildman–Crippen LogP) is 7.24. The molecule has 0 fully saturated rings. The summed E-state index contributed by atoms with van der Waals surface area (Å²) in [6, 6.07) is 32.3. The van der Waals surface area contributed by atoms with Gasteiger partial charge in [-0.3, -0.25) is 11.8 Å². The van der Waals surface area contributed by atoms with Crippen molar-refractivity contribution in [1.82, 2.24) is 0 Å². The van der Waals surface area contributed by atoms with E-state index in [-0.39, 0.29) is 20.4 Å². The van der Waals surface area contributed by atoms with Crippen LogP contribution in [0.15, 0.2) is 113 Å². The number of hydrogen-bond donors (Lipinski definition) is 0. The van der Waals surface area contributed by atoms with E-state index >= 15 is 0 Å². The average Bonchev–Trinajstić information content (AvgIpc) is 3.10. The second-order valence-electron chi connectivity index (χ2n) is 7.74. The Balaban J connectivity index is 0.000000610. The second kappa shape index (κ2) is 18.3. The van der Waals surface area contributed by atoms with Crippen molar-refractivity contribution in [2.45, 2.75) is 34.6 Å². The van der Waals surface area contributed by atoms with Gasteiger partial charge in [-0.15, -0.1) is 0 Å². The third-order valence-corrected chi connectivity index (χ3v) is 8.37. The molecular weight excluding hydrogens is 632 g/mol. The van der Waals surface area contributed by atoms with Crippen molar-refractivity contribution >= 4 is 23.8 Å². The number of hydrogen-bond acceptors (Lipinski definition) is 1. The summed E-state index contributed by atoms with van der Waals surface area (Å²) in [5.74, 6) is 5.02. The standard InChI is InChI=1S/C18H15P.C10H15.C4H.NO.Re/c1-4-10-16(11-5-1)19(17-12-6-2-7-13-17)18-14-8-3-9-15-18;1-6-7(2)9(4)10(5)8(6)3;1-3-4-2;1-2;/h1-15H;1-5H3;1H;;/q;;2*-1;. The fourth-order valence-corrected chi connectivity index (χ4v) is 5.89. The molecule has 0 heterocycles. The number of rotatable bonds is 3. The summed E-state index contributed by atoms with van der Waals surface area (Å²) in [7, 11) is -0.446. The first-order valence-corrected chi connectivity index (χ1v) is 12.5. The maximum Gasteiger partial charge on any atom is 0.0226 e. The minimum atomic E-state index is -0.446. The maximum absolute atomic E-state index is 7.25. The molecule has 3 aromatic carbocycles. The van der Waals surface area contributed by atoms with Crippen LogP contribution in [0.2, 0.25) is 0 Å². The van der Waals surface area contributed by atoms with Gasteiger partial charge in [-0.25, -0.2) is 6.42 Å². The molecular formula is C32H31NOPRe-2. The topological polar surface area (TPSA) is 39.4 Å². The van der Waals surface area contributed by atoms with Gasteiger partial charge in [0.1, 0.15) is 0 Å². The minimum absolute atomic E-state index is 0. The summed E-state index contributed by atoms with van der Waals surface area (Å²) in [5.41, 5.74) is 11.6. The summed E-state index contributed by atoms with van der Waals surface area (Å²) < 4.78 is 0. The first-order valence-electron chi connectivity index (χ1n) is 11.1. The molecule has 36 heavy (non-hydrogen) atoms. The van der Waals surface area contributed by atoms with Crippen LogP contribution in [-0.2, 0) is 20.4 Å². The molecule has 1 aliphatic rings. The minimum Gasteiger partial charge on any atom is -0.577 e. The molecule has 0 atom stereocenters. The quantitative estimate of drug-likeness (QED) is 0.166. The molecule has 0 amide bonds. The summed E-state index contributed by atoms with van der Waals surface area (Å²) in [6.07, 6.45) is 10.4. The fourth-order valence-electron chi connectivity index (χ4n) is 3.58. The van der Waals surface area contributed by atoms with Crippen LogP contribution in [0.1, 0.15) is 34.6 Å². The first-order chi connectivity index (χ1) is 16.9. The van der Waals surface area contributed by atoms with Crippen molar-refractivity contribution < 1.29 is 20.4 Å². The Bertz CT molecular complexity index is 1060. The number of allylic oxidation sites excluding steroid dienone is 4. The van der Waals surface area contributed by atoms with Crippen molar-refractivity contribution in [3.05, 3.63) is 136 Å². The number of terminal acetylenes is 1. The predicted molar refractivity (Wildman–Crippen MR) is 154 cm³/mol. The van der Waals surface area contributed by atoms with Gasteiger partial charge in [0.2, 0.25) is 0 Å². The van der Waals surface area contributed by atoms with Crippen LogP contribution in [0, 0.1) is 35.5 Å². The zero-order valence-corrected chi connectivity index (χ0v) is 25.0. The van der Waals surface area contributed by atoms with E-state index in [2.05, 4.69) is 132 Å². The average molecular weight is 663 g/mol. The Hall–Kier alpha value is -3.05. The number of nitrogens with zero attached hydrogens (tertiary/aromatic N) is 1. The van der Waals surface area contributed by atoms with Crippen molar-refractivity contribution in [1.29, 1.82) is 0 Å². The van der Waals surface area contributed by atoms with Gasteiger partial charge in [-0.05, 0) is 62.7 Å². The Morgan fingerprint density at radius 3 is 1.03 bits per heavy atom. The van der Waals surface area contributed by atoms with Gasteiger partial charge in [-0.1, -0.05) is 109 Å². The Kier molecular flexibility index (Phi) is 16.7. The van der Waals surface area contributed by atoms with E-state index < -0.39 is 7.92 Å². The molecule has 0 bridgehead atoms. The van der Waals surface area contributed by atoms with Crippen molar-refractivity contribution in [3.8, 4) is 18.3 Å². The summed E-state index contributed by atoms with van der Waals surface area (Å²) in [6.45, 7) is 11.0. The third kappa shape index (κ3) is 9.54. The van der Waals surface area contributed by atoms with Crippen molar-refractivity contribution in [3.63, 3.8) is 0 Å². The van der Waals surface area contributed by atoms with Crippen LogP contribution in [0.5, 0.6) is 0 Å². The second-order valence-corrected chi connectivity index (χ2v) is 9.96. The molecule has 0 N–H and O–H groups in total. The molecule has 0 saturated heterocycles. The van der Waals surface area contributed by atoms with Crippen molar-refractivity contribution in [2.24, 2.45) is 0 Å². The van der Waals surface area contributed by atoms with Gasteiger partial charge in [0.25, 0.3) is 0 Å². The molecule has 1 aliphatic carbocycles. The summed E-state index contributed by atoms with van der Waals surface area (Å²) >= 11 is 0. The normalized spacial score (nSPS) is 11.9.